The lowest BCUT2D eigenvalue weighted by atomic mass is 10.2. The van der Waals surface area contributed by atoms with Gasteiger partial charge in [0.05, 0.1) is 9.66 Å². The van der Waals surface area contributed by atoms with E-state index in [9.17, 15) is 14.4 Å². The Morgan fingerprint density at radius 3 is 1.57 bits per heavy atom. The summed E-state index contributed by atoms with van der Waals surface area (Å²) in [5.74, 6) is 0. The number of ether oxygens (including phenoxy) is 4. The molecule has 4 aromatic heterocycles. The van der Waals surface area contributed by atoms with Crippen molar-refractivity contribution in [3.8, 4) is 0 Å². The average molecular weight is 651 g/mol. The van der Waals surface area contributed by atoms with Crippen LogP contribution in [0.2, 0.25) is 0 Å². The summed E-state index contributed by atoms with van der Waals surface area (Å²) in [5, 5.41) is 9.50. The Labute approximate surface area is 266 Å². The first-order valence-corrected chi connectivity index (χ1v) is 16.0. The molecule has 0 aromatic carbocycles. The number of thiophene rings is 2. The fourth-order valence-corrected chi connectivity index (χ4v) is 5.19. The molecule has 0 atom stereocenters. The summed E-state index contributed by atoms with van der Waals surface area (Å²) in [4.78, 5) is 42.4. The molecule has 0 unspecified atom stereocenters. The lowest BCUT2D eigenvalue weighted by Crippen LogP contribution is -2.33. The standard InChI is InChI=1S/C13H18N2O2S.C10H18O5.C8H10N2S/c1-13(2,3)17-12(16)14-6-4-9-8-15-11-10(9)5-7-18-11;1-9(2,3)14-7(11)13-8(12)15-10(4,5)6;9-3-1-6-5-10-8-7(6)2-4-11-8/h5,7-8,15H,4,6H2,1-3H3,(H,14,16);1-6H3;2,4-5,10H,1,3,9H2. The first-order chi connectivity index (χ1) is 20.4. The quantitative estimate of drug-likeness (QED) is 0.0964. The average Bonchev–Trinajstić information content (AvgIpc) is 3.61. The summed E-state index contributed by atoms with van der Waals surface area (Å²) in [6.07, 6.45) is 3.34. The third kappa shape index (κ3) is 13.8. The summed E-state index contributed by atoms with van der Waals surface area (Å²) < 4.78 is 19.0. The molecule has 244 valence electrons. The molecule has 0 fully saturated rings. The molecule has 1 amide bonds. The second-order valence-electron chi connectivity index (χ2n) is 12.7. The number of carbonyl (C=O) groups excluding carboxylic acids is 3. The molecule has 13 heteroatoms. The Morgan fingerprint density at radius 2 is 1.16 bits per heavy atom. The fraction of sp³-hybridized carbons (Fsp3) is 0.516. The summed E-state index contributed by atoms with van der Waals surface area (Å²) in [6.45, 7) is 16.9. The number of hydrogen-bond donors (Lipinski definition) is 4. The zero-order valence-electron chi connectivity index (χ0n) is 27.0. The number of carbonyl (C=O) groups is 3. The third-order valence-corrected chi connectivity index (χ3v) is 6.89. The molecule has 0 bridgehead atoms. The predicted molar refractivity (Wildman–Crippen MR) is 177 cm³/mol. The van der Waals surface area contributed by atoms with Crippen LogP contribution in [0.5, 0.6) is 0 Å². The largest absolute Gasteiger partial charge is 0.519 e. The Bertz CT molecular complexity index is 1450. The molecular weight excluding hydrogens is 604 g/mol. The normalized spacial score (nSPS) is 11.6. The first-order valence-electron chi connectivity index (χ1n) is 14.2. The molecule has 0 aliphatic heterocycles. The molecule has 44 heavy (non-hydrogen) atoms. The third-order valence-electron chi connectivity index (χ3n) is 5.20. The molecule has 4 heterocycles. The SMILES string of the molecule is CC(C)(C)OC(=O)NCCc1c[nH]c2sccc12.CC(C)(C)OC(=O)OC(=O)OC(C)(C)C.NCCc1c[nH]c2sccc12. The lowest BCUT2D eigenvalue weighted by Gasteiger charge is -2.20. The fourth-order valence-electron chi connectivity index (χ4n) is 3.60. The van der Waals surface area contributed by atoms with Gasteiger partial charge in [-0.2, -0.15) is 0 Å². The topological polar surface area (TPSA) is 158 Å². The van der Waals surface area contributed by atoms with E-state index in [0.29, 0.717) is 6.54 Å². The first kappa shape index (κ1) is 36.6. The van der Waals surface area contributed by atoms with Crippen molar-refractivity contribution in [1.29, 1.82) is 0 Å². The van der Waals surface area contributed by atoms with E-state index in [4.69, 9.17) is 19.9 Å². The van der Waals surface area contributed by atoms with E-state index in [0.717, 1.165) is 19.4 Å². The second-order valence-corrected chi connectivity index (χ2v) is 14.5. The van der Waals surface area contributed by atoms with Crippen molar-refractivity contribution in [2.45, 2.75) is 92.0 Å². The highest BCUT2D eigenvalue weighted by atomic mass is 32.1. The van der Waals surface area contributed by atoms with E-state index in [-0.39, 0.29) is 6.09 Å². The van der Waals surface area contributed by atoms with E-state index in [1.807, 2.05) is 33.2 Å². The van der Waals surface area contributed by atoms with Gasteiger partial charge in [-0.05, 0) is 116 Å². The monoisotopic (exact) mass is 650 g/mol. The number of rotatable bonds is 5. The van der Waals surface area contributed by atoms with Crippen molar-refractivity contribution in [2.24, 2.45) is 5.73 Å². The summed E-state index contributed by atoms with van der Waals surface area (Å²) in [7, 11) is 0. The van der Waals surface area contributed by atoms with Gasteiger partial charge in [0.25, 0.3) is 0 Å². The van der Waals surface area contributed by atoms with Gasteiger partial charge >= 0.3 is 18.4 Å². The summed E-state index contributed by atoms with van der Waals surface area (Å²) in [6, 6.07) is 4.24. The Hall–Kier alpha value is -3.55. The second kappa shape index (κ2) is 16.0. The molecule has 0 aliphatic carbocycles. The van der Waals surface area contributed by atoms with Crippen LogP contribution >= 0.6 is 22.7 Å². The Kier molecular flexibility index (Phi) is 13.3. The molecule has 0 aliphatic rings. The lowest BCUT2D eigenvalue weighted by molar-refractivity contribution is -0.0294. The summed E-state index contributed by atoms with van der Waals surface area (Å²) >= 11 is 3.43. The van der Waals surface area contributed by atoms with Gasteiger partial charge in [-0.1, -0.05) is 0 Å². The van der Waals surface area contributed by atoms with Gasteiger partial charge in [-0.15, -0.1) is 22.7 Å². The van der Waals surface area contributed by atoms with Gasteiger partial charge in [0.2, 0.25) is 0 Å². The highest BCUT2D eigenvalue weighted by molar-refractivity contribution is 7.17. The van der Waals surface area contributed by atoms with E-state index in [1.54, 1.807) is 64.2 Å². The zero-order chi connectivity index (χ0) is 33.1. The minimum atomic E-state index is -1.06. The summed E-state index contributed by atoms with van der Waals surface area (Å²) in [5.41, 5.74) is 6.19. The highest BCUT2D eigenvalue weighted by Gasteiger charge is 2.24. The van der Waals surface area contributed by atoms with Crippen LogP contribution in [0.25, 0.3) is 20.4 Å². The van der Waals surface area contributed by atoms with Crippen LogP contribution in [0.3, 0.4) is 0 Å². The van der Waals surface area contributed by atoms with Gasteiger partial charge < -0.3 is 40.0 Å². The van der Waals surface area contributed by atoms with Crippen molar-refractivity contribution in [1.82, 2.24) is 15.3 Å². The predicted octanol–water partition coefficient (Wildman–Crippen LogP) is 7.90. The number of aromatic nitrogens is 2. The number of aromatic amines is 2. The maximum absolute atomic E-state index is 11.5. The van der Waals surface area contributed by atoms with Crippen molar-refractivity contribution in [3.05, 3.63) is 46.4 Å². The molecule has 0 spiro atoms. The van der Waals surface area contributed by atoms with Gasteiger partial charge in [-0.25, -0.2) is 14.4 Å². The van der Waals surface area contributed by atoms with Crippen molar-refractivity contribution in [3.63, 3.8) is 0 Å². The van der Waals surface area contributed by atoms with E-state index >= 15 is 0 Å². The molecule has 5 N–H and O–H groups in total. The Morgan fingerprint density at radius 1 is 0.727 bits per heavy atom. The number of nitrogens with one attached hydrogen (secondary N) is 3. The van der Waals surface area contributed by atoms with Gasteiger partial charge in [0, 0.05) is 29.7 Å². The minimum absolute atomic E-state index is 0.361. The zero-order valence-corrected chi connectivity index (χ0v) is 28.7. The van der Waals surface area contributed by atoms with Gasteiger partial charge in [-0.3, -0.25) is 0 Å². The van der Waals surface area contributed by atoms with Crippen LogP contribution in [-0.4, -0.2) is 58.3 Å². The molecule has 0 saturated carbocycles. The van der Waals surface area contributed by atoms with Crippen molar-refractivity contribution in [2.75, 3.05) is 13.1 Å². The number of H-pyrrole nitrogens is 2. The van der Waals surface area contributed by atoms with E-state index < -0.39 is 29.1 Å². The maximum atomic E-state index is 11.5. The van der Waals surface area contributed by atoms with Gasteiger partial charge in [0.1, 0.15) is 16.8 Å². The molecule has 4 aromatic rings. The van der Waals surface area contributed by atoms with Crippen LogP contribution < -0.4 is 11.1 Å². The van der Waals surface area contributed by atoms with E-state index in [2.05, 4.69) is 42.9 Å². The van der Waals surface area contributed by atoms with Crippen LogP contribution in [0, 0.1) is 0 Å². The van der Waals surface area contributed by atoms with Crippen LogP contribution in [0.15, 0.2) is 35.3 Å². The van der Waals surface area contributed by atoms with Crippen molar-refractivity contribution >= 4 is 61.5 Å². The molecular formula is C31H46N4O7S2. The number of alkyl carbamates (subject to hydrolysis) is 1. The Balaban J connectivity index is 0.000000237. The molecule has 4 rings (SSSR count). The number of amides is 1. The molecule has 11 nitrogen and oxygen atoms in total. The number of nitrogens with two attached hydrogens (primary N) is 1. The van der Waals surface area contributed by atoms with Crippen LogP contribution in [-0.2, 0) is 31.8 Å². The van der Waals surface area contributed by atoms with Gasteiger partial charge in [0.15, 0.2) is 0 Å². The molecule has 0 saturated heterocycles. The van der Waals surface area contributed by atoms with Crippen LogP contribution in [0.1, 0.15) is 73.4 Å². The van der Waals surface area contributed by atoms with E-state index in [1.165, 1.54) is 31.6 Å². The minimum Gasteiger partial charge on any atom is -0.444 e. The van der Waals surface area contributed by atoms with Crippen LogP contribution in [0.4, 0.5) is 14.4 Å². The smallest absolute Gasteiger partial charge is 0.444 e. The van der Waals surface area contributed by atoms with Crippen molar-refractivity contribution < 1.29 is 33.3 Å². The number of fused-ring (bicyclic) bond motifs is 2. The maximum Gasteiger partial charge on any atom is 0.519 e. The number of hydrogen-bond acceptors (Lipinski definition) is 10. The molecule has 0 radical (unpaired) electrons. The highest BCUT2D eigenvalue weighted by Crippen LogP contribution is 2.24.